The largest absolute Gasteiger partial charge is 0.480 e. The number of amides is 2. The summed E-state index contributed by atoms with van der Waals surface area (Å²) in [5.41, 5.74) is 10.7. The van der Waals surface area contributed by atoms with Crippen molar-refractivity contribution < 1.29 is 24.3 Å². The second-order valence-electron chi connectivity index (χ2n) is 6.33. The quantitative estimate of drug-likeness (QED) is 0.124. The molecule has 0 aromatic carbocycles. The van der Waals surface area contributed by atoms with Crippen molar-refractivity contribution in [2.45, 2.75) is 57.7 Å². The molecule has 0 spiro atoms. The van der Waals surface area contributed by atoms with Crippen molar-refractivity contribution in [3.63, 3.8) is 0 Å². The van der Waals surface area contributed by atoms with Crippen LogP contribution < -0.4 is 22.1 Å². The van der Waals surface area contributed by atoms with Crippen molar-refractivity contribution in [3.8, 4) is 0 Å². The Morgan fingerprint density at radius 3 is 2.39 bits per heavy atom. The van der Waals surface area contributed by atoms with Crippen molar-refractivity contribution in [2.24, 2.45) is 11.5 Å². The van der Waals surface area contributed by atoms with Crippen LogP contribution in [-0.4, -0.2) is 70.2 Å². The lowest BCUT2D eigenvalue weighted by Gasteiger charge is -2.26. The van der Waals surface area contributed by atoms with Crippen molar-refractivity contribution in [1.82, 2.24) is 15.5 Å². The monoisotopic (exact) mass is 420 g/mol. The van der Waals surface area contributed by atoms with E-state index in [2.05, 4.69) is 22.2 Å². The lowest BCUT2D eigenvalue weighted by atomic mass is 10.1. The third-order valence-electron chi connectivity index (χ3n) is 3.83. The standard InChI is InChI=1S/C14H26N6O4.C2H3ClO/c1-8(15)12(22)20-7-3-5-10(20)11(21)19-9(13(23)24)4-2-6-18-14(16)17;1-2(3)4/h8-10H,2-7,15H2,1H3,(H,19,21)(H,23,24)(H4,16,17,18);1H3/t8?,9?,10-;/m0./s1. The van der Waals surface area contributed by atoms with E-state index < -0.39 is 30.0 Å². The maximum atomic E-state index is 12.4. The fourth-order valence-electron chi connectivity index (χ4n) is 2.62. The molecule has 0 radical (unpaired) electrons. The summed E-state index contributed by atoms with van der Waals surface area (Å²) in [6.07, 6.45) is 1.78. The van der Waals surface area contributed by atoms with Crippen LogP contribution in [0.15, 0.2) is 0 Å². The molecule has 1 heterocycles. The van der Waals surface area contributed by atoms with Crippen molar-refractivity contribution >= 4 is 40.6 Å². The van der Waals surface area contributed by atoms with Gasteiger partial charge in [-0.05, 0) is 44.2 Å². The molecule has 1 fully saturated rings. The maximum Gasteiger partial charge on any atom is 0.326 e. The molecule has 2 unspecified atom stereocenters. The van der Waals surface area contributed by atoms with Gasteiger partial charge in [-0.15, -0.1) is 0 Å². The van der Waals surface area contributed by atoms with E-state index in [1.165, 1.54) is 11.8 Å². The number of likely N-dealkylation sites (tertiary alicyclic amines) is 1. The molecule has 1 aliphatic heterocycles. The molecule has 1 saturated heterocycles. The van der Waals surface area contributed by atoms with Gasteiger partial charge in [0.1, 0.15) is 12.1 Å². The summed E-state index contributed by atoms with van der Waals surface area (Å²) in [6.45, 7) is 3.63. The molecular weight excluding hydrogens is 392 g/mol. The van der Waals surface area contributed by atoms with Crippen molar-refractivity contribution in [1.29, 1.82) is 5.41 Å². The molecule has 28 heavy (non-hydrogen) atoms. The molecule has 0 aliphatic carbocycles. The zero-order chi connectivity index (χ0) is 21.9. The SMILES string of the molecule is CC(=O)Cl.CC(N)C(=O)N1CCC[C@H]1C(=O)NC(CCCNC(=N)N)C(=O)O. The number of nitrogens with one attached hydrogen (secondary N) is 3. The topological polar surface area (TPSA) is 192 Å². The molecule has 0 aromatic rings. The van der Waals surface area contributed by atoms with Crippen LogP contribution in [0.3, 0.4) is 0 Å². The number of carbonyl (C=O) groups excluding carboxylic acids is 3. The number of nitrogens with zero attached hydrogens (tertiary/aromatic N) is 1. The highest BCUT2D eigenvalue weighted by molar-refractivity contribution is 6.62. The zero-order valence-electron chi connectivity index (χ0n) is 16.0. The van der Waals surface area contributed by atoms with E-state index in [-0.39, 0.29) is 23.5 Å². The van der Waals surface area contributed by atoms with Crippen LogP contribution in [0.25, 0.3) is 0 Å². The summed E-state index contributed by atoms with van der Waals surface area (Å²) in [5.74, 6) is -2.13. The first-order chi connectivity index (χ1) is 13.0. The van der Waals surface area contributed by atoms with E-state index in [0.717, 1.165) is 0 Å². The highest BCUT2D eigenvalue weighted by Crippen LogP contribution is 2.18. The molecule has 1 aliphatic rings. The van der Waals surface area contributed by atoms with E-state index in [1.807, 2.05) is 0 Å². The third-order valence-corrected chi connectivity index (χ3v) is 3.83. The fourth-order valence-corrected chi connectivity index (χ4v) is 2.62. The summed E-state index contributed by atoms with van der Waals surface area (Å²) in [7, 11) is 0. The molecule has 0 bridgehead atoms. The number of hydrogen-bond acceptors (Lipinski definition) is 6. The first kappa shape index (κ1) is 25.6. The van der Waals surface area contributed by atoms with Gasteiger partial charge < -0.3 is 32.1 Å². The van der Waals surface area contributed by atoms with E-state index >= 15 is 0 Å². The molecule has 3 atom stereocenters. The van der Waals surface area contributed by atoms with Crippen LogP contribution in [0.4, 0.5) is 0 Å². The van der Waals surface area contributed by atoms with E-state index in [0.29, 0.717) is 32.4 Å². The molecular formula is C16H29ClN6O5. The first-order valence-corrected chi connectivity index (χ1v) is 9.18. The highest BCUT2D eigenvalue weighted by atomic mass is 35.5. The second kappa shape index (κ2) is 12.9. The van der Waals surface area contributed by atoms with Gasteiger partial charge in [0.25, 0.3) is 0 Å². The Labute approximate surface area is 168 Å². The van der Waals surface area contributed by atoms with E-state index in [1.54, 1.807) is 6.92 Å². The molecule has 0 aromatic heterocycles. The molecule has 11 nitrogen and oxygen atoms in total. The normalized spacial score (nSPS) is 17.6. The van der Waals surface area contributed by atoms with E-state index in [4.69, 9.17) is 16.9 Å². The van der Waals surface area contributed by atoms with Crippen molar-refractivity contribution in [2.75, 3.05) is 13.1 Å². The van der Waals surface area contributed by atoms with Gasteiger partial charge in [0.05, 0.1) is 6.04 Å². The van der Waals surface area contributed by atoms with Crippen LogP contribution in [-0.2, 0) is 19.2 Å². The predicted molar refractivity (Wildman–Crippen MR) is 104 cm³/mol. The van der Waals surface area contributed by atoms with Crippen molar-refractivity contribution in [3.05, 3.63) is 0 Å². The summed E-state index contributed by atoms with van der Waals surface area (Å²) in [4.78, 5) is 46.3. The number of rotatable bonds is 8. The van der Waals surface area contributed by atoms with Gasteiger partial charge in [-0.2, -0.15) is 0 Å². The Hall–Kier alpha value is -2.40. The Balaban J connectivity index is 0.00000165. The minimum Gasteiger partial charge on any atom is -0.480 e. The van der Waals surface area contributed by atoms with Gasteiger partial charge in [-0.25, -0.2) is 4.79 Å². The number of carboxylic acid groups (broad SMARTS) is 1. The molecule has 8 N–H and O–H groups in total. The Kier molecular flexibility index (Phi) is 11.8. The Morgan fingerprint density at radius 2 is 1.93 bits per heavy atom. The first-order valence-electron chi connectivity index (χ1n) is 8.80. The molecule has 2 amide bonds. The molecule has 1 rings (SSSR count). The Bertz CT molecular complexity index is 582. The summed E-state index contributed by atoms with van der Waals surface area (Å²) in [6, 6.07) is -2.44. The lowest BCUT2D eigenvalue weighted by molar-refractivity contribution is -0.144. The molecule has 12 heteroatoms. The molecule has 0 saturated carbocycles. The number of guanidine groups is 1. The lowest BCUT2D eigenvalue weighted by Crippen LogP contribution is -2.53. The molecule has 160 valence electrons. The fraction of sp³-hybridized carbons (Fsp3) is 0.688. The number of hydrogen-bond donors (Lipinski definition) is 6. The number of nitrogens with two attached hydrogens (primary N) is 2. The summed E-state index contributed by atoms with van der Waals surface area (Å²) in [5, 5.41) is 20.9. The minimum absolute atomic E-state index is 0.190. The van der Waals surface area contributed by atoms with Crippen LogP contribution in [0.2, 0.25) is 0 Å². The van der Waals surface area contributed by atoms with Crippen LogP contribution in [0.1, 0.15) is 39.5 Å². The average molecular weight is 421 g/mol. The average Bonchev–Trinajstić information content (AvgIpc) is 3.05. The zero-order valence-corrected chi connectivity index (χ0v) is 16.8. The van der Waals surface area contributed by atoms with Gasteiger partial charge in [0, 0.05) is 20.0 Å². The van der Waals surface area contributed by atoms with Gasteiger partial charge in [0.2, 0.25) is 17.1 Å². The number of aliphatic carboxylic acids is 1. The van der Waals surface area contributed by atoms with Gasteiger partial charge in [-0.3, -0.25) is 19.8 Å². The number of carboxylic acids is 1. The van der Waals surface area contributed by atoms with Crippen LogP contribution in [0.5, 0.6) is 0 Å². The predicted octanol–water partition coefficient (Wildman–Crippen LogP) is -1.07. The number of carbonyl (C=O) groups is 4. The number of halogens is 1. The van der Waals surface area contributed by atoms with E-state index in [9.17, 15) is 24.3 Å². The smallest absolute Gasteiger partial charge is 0.326 e. The Morgan fingerprint density at radius 1 is 1.36 bits per heavy atom. The highest BCUT2D eigenvalue weighted by Gasteiger charge is 2.36. The van der Waals surface area contributed by atoms with Crippen LogP contribution in [0, 0.1) is 5.41 Å². The minimum atomic E-state index is -1.14. The van der Waals surface area contributed by atoms with Gasteiger partial charge in [-0.1, -0.05) is 0 Å². The summed E-state index contributed by atoms with van der Waals surface area (Å²) < 4.78 is 0. The van der Waals surface area contributed by atoms with Crippen LogP contribution >= 0.6 is 11.6 Å². The van der Waals surface area contributed by atoms with Gasteiger partial charge >= 0.3 is 5.97 Å². The van der Waals surface area contributed by atoms with Gasteiger partial charge in [0.15, 0.2) is 5.96 Å². The maximum absolute atomic E-state index is 12.4. The second-order valence-corrected chi connectivity index (χ2v) is 6.86. The summed E-state index contributed by atoms with van der Waals surface area (Å²) >= 11 is 4.64. The third kappa shape index (κ3) is 10.1.